The van der Waals surface area contributed by atoms with Gasteiger partial charge < -0.3 is 4.74 Å². The summed E-state index contributed by atoms with van der Waals surface area (Å²) in [4.78, 5) is 4.51. The normalized spacial score (nSPS) is 11.0. The second kappa shape index (κ2) is 8.25. The number of hydrogen-bond acceptors (Lipinski definition) is 2. The minimum atomic E-state index is 0.692. The third kappa shape index (κ3) is 5.07. The first-order valence-electron chi connectivity index (χ1n) is 7.67. The maximum absolute atomic E-state index is 5.42. The Balaban J connectivity index is 1.96. The van der Waals surface area contributed by atoms with Gasteiger partial charge in [-0.1, -0.05) is 25.5 Å². The lowest BCUT2D eigenvalue weighted by Crippen LogP contribution is -1.91. The van der Waals surface area contributed by atoms with Crippen molar-refractivity contribution in [2.75, 3.05) is 6.61 Å². The Hall–Kier alpha value is -2.09. The van der Waals surface area contributed by atoms with Crippen molar-refractivity contribution in [3.8, 4) is 5.75 Å². The molecule has 2 aromatic rings. The standard InChI is InChI=1S/C19H23NO/c1-3-5-6-16-7-11-18(12-8-16)20-15-17-9-13-19(14-10-17)21-4-2/h7-15H,3-6H2,1-2H3/b20-15+. The lowest BCUT2D eigenvalue weighted by atomic mass is 10.1. The zero-order chi connectivity index (χ0) is 14.9. The Labute approximate surface area is 127 Å². The van der Waals surface area contributed by atoms with E-state index in [4.69, 9.17) is 4.74 Å². The second-order valence-electron chi connectivity index (χ2n) is 5.03. The molecule has 0 atom stereocenters. The third-order valence-corrected chi connectivity index (χ3v) is 3.31. The molecule has 0 heterocycles. The monoisotopic (exact) mass is 281 g/mol. The summed E-state index contributed by atoms with van der Waals surface area (Å²) in [5, 5.41) is 0. The van der Waals surface area contributed by atoms with Gasteiger partial charge in [0.1, 0.15) is 5.75 Å². The van der Waals surface area contributed by atoms with Crippen LogP contribution in [-0.4, -0.2) is 12.8 Å². The number of nitrogens with zero attached hydrogens (tertiary/aromatic N) is 1. The van der Waals surface area contributed by atoms with Gasteiger partial charge in [0.25, 0.3) is 0 Å². The Morgan fingerprint density at radius 2 is 1.67 bits per heavy atom. The van der Waals surface area contributed by atoms with Gasteiger partial charge in [-0.25, -0.2) is 0 Å². The van der Waals surface area contributed by atoms with Crippen LogP contribution in [0.1, 0.15) is 37.8 Å². The first kappa shape index (κ1) is 15.3. The van der Waals surface area contributed by atoms with Gasteiger partial charge >= 0.3 is 0 Å². The highest BCUT2D eigenvalue weighted by Gasteiger charge is 1.94. The third-order valence-electron chi connectivity index (χ3n) is 3.31. The summed E-state index contributed by atoms with van der Waals surface area (Å²) in [6.45, 7) is 4.90. The van der Waals surface area contributed by atoms with Gasteiger partial charge in [-0.15, -0.1) is 0 Å². The number of ether oxygens (including phenoxy) is 1. The molecule has 2 nitrogen and oxygen atoms in total. The highest BCUT2D eigenvalue weighted by atomic mass is 16.5. The van der Waals surface area contributed by atoms with Crippen LogP contribution in [0.4, 0.5) is 5.69 Å². The zero-order valence-electron chi connectivity index (χ0n) is 12.9. The van der Waals surface area contributed by atoms with Crippen molar-refractivity contribution in [3.63, 3.8) is 0 Å². The maximum atomic E-state index is 5.42. The summed E-state index contributed by atoms with van der Waals surface area (Å²) >= 11 is 0. The molecule has 0 saturated carbocycles. The SMILES string of the molecule is CCCCc1ccc(/N=C/c2ccc(OCC)cc2)cc1. The Bertz CT molecular complexity index is 555. The fourth-order valence-electron chi connectivity index (χ4n) is 2.10. The molecule has 0 bridgehead atoms. The molecule has 0 aliphatic carbocycles. The van der Waals surface area contributed by atoms with Crippen LogP contribution in [0.3, 0.4) is 0 Å². The lowest BCUT2D eigenvalue weighted by Gasteiger charge is -2.02. The van der Waals surface area contributed by atoms with E-state index in [2.05, 4.69) is 36.2 Å². The molecule has 0 spiro atoms. The van der Waals surface area contributed by atoms with Crippen molar-refractivity contribution < 1.29 is 4.74 Å². The molecule has 0 aliphatic heterocycles. The summed E-state index contributed by atoms with van der Waals surface area (Å²) in [5.41, 5.74) is 3.45. The lowest BCUT2D eigenvalue weighted by molar-refractivity contribution is 0.340. The Morgan fingerprint density at radius 3 is 2.29 bits per heavy atom. The Kier molecular flexibility index (Phi) is 6.01. The van der Waals surface area contributed by atoms with Gasteiger partial charge in [-0.05, 0) is 67.3 Å². The Morgan fingerprint density at radius 1 is 0.952 bits per heavy atom. The van der Waals surface area contributed by atoms with Gasteiger partial charge in [-0.2, -0.15) is 0 Å². The summed E-state index contributed by atoms with van der Waals surface area (Å²) in [6.07, 6.45) is 5.52. The molecule has 0 aromatic heterocycles. The number of aliphatic imine (C=N–C) groups is 1. The number of rotatable bonds is 7. The summed E-state index contributed by atoms with van der Waals surface area (Å²) in [5.74, 6) is 0.898. The van der Waals surface area contributed by atoms with Crippen LogP contribution in [-0.2, 0) is 6.42 Å². The average Bonchev–Trinajstić information content (AvgIpc) is 2.53. The van der Waals surface area contributed by atoms with Crippen molar-refractivity contribution in [3.05, 3.63) is 59.7 Å². The number of unbranched alkanes of at least 4 members (excludes halogenated alkanes) is 1. The van der Waals surface area contributed by atoms with E-state index >= 15 is 0 Å². The highest BCUT2D eigenvalue weighted by Crippen LogP contribution is 2.16. The minimum absolute atomic E-state index is 0.692. The van der Waals surface area contributed by atoms with Crippen LogP contribution in [0.2, 0.25) is 0 Å². The van der Waals surface area contributed by atoms with Crippen LogP contribution in [0.25, 0.3) is 0 Å². The second-order valence-corrected chi connectivity index (χ2v) is 5.03. The van der Waals surface area contributed by atoms with Gasteiger partial charge in [0.2, 0.25) is 0 Å². The number of benzene rings is 2. The first-order valence-corrected chi connectivity index (χ1v) is 7.67. The average molecular weight is 281 g/mol. The quantitative estimate of drug-likeness (QED) is 0.641. The summed E-state index contributed by atoms with van der Waals surface area (Å²) in [7, 11) is 0. The molecule has 0 unspecified atom stereocenters. The molecule has 0 saturated heterocycles. The molecule has 2 rings (SSSR count). The van der Waals surface area contributed by atoms with Crippen molar-refractivity contribution in [1.82, 2.24) is 0 Å². The van der Waals surface area contributed by atoms with E-state index in [1.807, 2.05) is 37.4 Å². The number of aryl methyl sites for hydroxylation is 1. The van der Waals surface area contributed by atoms with E-state index in [0.29, 0.717) is 6.61 Å². The first-order chi connectivity index (χ1) is 10.3. The largest absolute Gasteiger partial charge is 0.494 e. The molecular weight excluding hydrogens is 258 g/mol. The zero-order valence-corrected chi connectivity index (χ0v) is 12.9. The van der Waals surface area contributed by atoms with Crippen LogP contribution in [0, 0.1) is 0 Å². The smallest absolute Gasteiger partial charge is 0.119 e. The van der Waals surface area contributed by atoms with E-state index in [1.165, 1.54) is 18.4 Å². The molecule has 0 radical (unpaired) electrons. The van der Waals surface area contributed by atoms with Crippen molar-refractivity contribution in [1.29, 1.82) is 0 Å². The molecule has 0 aliphatic rings. The van der Waals surface area contributed by atoms with Gasteiger partial charge in [0.15, 0.2) is 0 Å². The van der Waals surface area contributed by atoms with Crippen molar-refractivity contribution in [2.24, 2.45) is 4.99 Å². The van der Waals surface area contributed by atoms with Gasteiger partial charge in [0, 0.05) is 6.21 Å². The molecule has 110 valence electrons. The fourth-order valence-corrected chi connectivity index (χ4v) is 2.10. The maximum Gasteiger partial charge on any atom is 0.119 e. The molecule has 0 fully saturated rings. The van der Waals surface area contributed by atoms with E-state index in [1.54, 1.807) is 0 Å². The van der Waals surface area contributed by atoms with Gasteiger partial charge in [-0.3, -0.25) is 4.99 Å². The summed E-state index contributed by atoms with van der Waals surface area (Å²) < 4.78 is 5.42. The van der Waals surface area contributed by atoms with Crippen molar-refractivity contribution >= 4 is 11.9 Å². The molecule has 2 heteroatoms. The van der Waals surface area contributed by atoms with Crippen molar-refractivity contribution in [2.45, 2.75) is 33.1 Å². The number of hydrogen-bond donors (Lipinski definition) is 0. The fraction of sp³-hybridized carbons (Fsp3) is 0.316. The highest BCUT2D eigenvalue weighted by molar-refractivity contribution is 5.82. The van der Waals surface area contributed by atoms with E-state index in [0.717, 1.165) is 23.4 Å². The molecule has 2 aromatic carbocycles. The predicted octanol–water partition coefficient (Wildman–Crippen LogP) is 5.18. The van der Waals surface area contributed by atoms with E-state index < -0.39 is 0 Å². The molecule has 0 amide bonds. The molecule has 21 heavy (non-hydrogen) atoms. The van der Waals surface area contributed by atoms with E-state index in [-0.39, 0.29) is 0 Å². The minimum Gasteiger partial charge on any atom is -0.494 e. The van der Waals surface area contributed by atoms with Crippen LogP contribution in [0.5, 0.6) is 5.75 Å². The van der Waals surface area contributed by atoms with Crippen LogP contribution < -0.4 is 4.74 Å². The molecule has 0 N–H and O–H groups in total. The summed E-state index contributed by atoms with van der Waals surface area (Å²) in [6, 6.07) is 16.5. The van der Waals surface area contributed by atoms with Crippen LogP contribution >= 0.6 is 0 Å². The predicted molar refractivity (Wildman–Crippen MR) is 89.9 cm³/mol. The van der Waals surface area contributed by atoms with Gasteiger partial charge in [0.05, 0.1) is 12.3 Å². The van der Waals surface area contributed by atoms with Crippen LogP contribution in [0.15, 0.2) is 53.5 Å². The van der Waals surface area contributed by atoms with E-state index in [9.17, 15) is 0 Å². The molecular formula is C19H23NO. The topological polar surface area (TPSA) is 21.6 Å².